The van der Waals surface area contributed by atoms with Gasteiger partial charge in [0.2, 0.25) is 0 Å². The molecule has 11 rings (SSSR count). The van der Waals surface area contributed by atoms with E-state index in [0.29, 0.717) is 90.0 Å². The first kappa shape index (κ1) is 30.2. The molecule has 6 aliphatic heterocycles. The SMILES string of the molecule is O=C1OCCCc2c(Cl)cc3[nH]ncc3c2-c2ncc3c(nc(OC[C@@]45CCCN4C[C@H](F)C5)nc3c2F)N2CCCC3(CC(C3)O1)C2. The topological polar surface area (TPSA) is 119 Å². The van der Waals surface area contributed by atoms with E-state index in [1.165, 1.54) is 0 Å². The standard InChI is InChI=1S/C34H36ClF2N7O4/c35-24-10-25-22(15-39-42-25)26-21(24)4-1-9-46-32(45)48-20-12-33(13-20)5-2-7-43(17-33)30-23-14-38-29(26)27(37)28(23)40-31(41-30)47-18-34-6-3-8-44(34)16-19(36)11-34/h10,14-15,19-20H,1-9,11-13,16-18H2,(H,39,42)/t19-,20?,33?,34+/m1/s1. The Hall–Kier alpha value is -3.84. The molecule has 48 heavy (non-hydrogen) atoms. The molecule has 0 radical (unpaired) electrons. The van der Waals surface area contributed by atoms with Gasteiger partial charge >= 0.3 is 12.2 Å². The highest BCUT2D eigenvalue weighted by molar-refractivity contribution is 6.33. The van der Waals surface area contributed by atoms with Crippen molar-refractivity contribution in [1.29, 1.82) is 0 Å². The van der Waals surface area contributed by atoms with Crippen molar-refractivity contribution in [3.8, 4) is 17.3 Å². The average Bonchev–Trinajstić information content (AvgIpc) is 3.75. The summed E-state index contributed by atoms with van der Waals surface area (Å²) < 4.78 is 49.1. The summed E-state index contributed by atoms with van der Waals surface area (Å²) in [5, 5.41) is 8.68. The van der Waals surface area contributed by atoms with Crippen molar-refractivity contribution in [2.75, 3.05) is 44.3 Å². The van der Waals surface area contributed by atoms with Gasteiger partial charge < -0.3 is 19.1 Å². The van der Waals surface area contributed by atoms with Gasteiger partial charge in [0.05, 0.1) is 29.2 Å². The normalized spacial score (nSPS) is 28.9. The van der Waals surface area contributed by atoms with Crippen LogP contribution >= 0.6 is 11.6 Å². The zero-order valence-electron chi connectivity index (χ0n) is 26.4. The molecular weight excluding hydrogens is 644 g/mol. The Labute approximate surface area is 280 Å². The number of fused-ring (bicyclic) bond motifs is 2. The van der Waals surface area contributed by atoms with Crippen molar-refractivity contribution in [3.63, 3.8) is 0 Å². The summed E-state index contributed by atoms with van der Waals surface area (Å²) in [5.41, 5.74) is 1.49. The lowest BCUT2D eigenvalue weighted by atomic mass is 9.62. The van der Waals surface area contributed by atoms with Crippen LogP contribution < -0.4 is 9.64 Å². The molecule has 4 aromatic rings. The van der Waals surface area contributed by atoms with E-state index in [2.05, 4.69) is 25.0 Å². The number of pyridine rings is 1. The molecule has 11 nitrogen and oxygen atoms in total. The fourth-order valence-corrected chi connectivity index (χ4v) is 9.35. The predicted octanol–water partition coefficient (Wildman–Crippen LogP) is 6.16. The molecule has 1 saturated carbocycles. The number of aromatic amines is 1. The monoisotopic (exact) mass is 679 g/mol. The lowest BCUT2D eigenvalue weighted by Gasteiger charge is -2.52. The van der Waals surface area contributed by atoms with Crippen molar-refractivity contribution in [1.82, 2.24) is 30.0 Å². The third-order valence-electron chi connectivity index (χ3n) is 11.2. The maximum absolute atomic E-state index is 17.1. The Morgan fingerprint density at radius 3 is 2.88 bits per heavy atom. The van der Waals surface area contributed by atoms with Crippen LogP contribution in [0, 0.1) is 11.2 Å². The van der Waals surface area contributed by atoms with Crippen LogP contribution in [0.2, 0.25) is 5.02 Å². The number of nitrogens with one attached hydrogen (secondary N) is 1. The number of alkyl halides is 1. The maximum atomic E-state index is 17.1. The molecule has 2 atom stereocenters. The van der Waals surface area contributed by atoms with Gasteiger partial charge in [-0.25, -0.2) is 13.6 Å². The average molecular weight is 680 g/mol. The van der Waals surface area contributed by atoms with Gasteiger partial charge in [-0.05, 0) is 75.0 Å². The third-order valence-corrected chi connectivity index (χ3v) is 11.6. The quantitative estimate of drug-likeness (QED) is 0.252. The first-order valence-corrected chi connectivity index (χ1v) is 17.3. The van der Waals surface area contributed by atoms with Crippen molar-refractivity contribution in [3.05, 3.63) is 34.9 Å². The number of ether oxygens (including phenoxy) is 3. The molecule has 1 N–H and O–H groups in total. The van der Waals surface area contributed by atoms with E-state index < -0.39 is 23.7 Å². The van der Waals surface area contributed by atoms with Crippen LogP contribution in [0.15, 0.2) is 18.5 Å². The van der Waals surface area contributed by atoms with Crippen LogP contribution in [0.4, 0.5) is 19.4 Å². The Morgan fingerprint density at radius 1 is 1.10 bits per heavy atom. The van der Waals surface area contributed by atoms with Gasteiger partial charge in [0, 0.05) is 48.2 Å². The molecule has 1 spiro atoms. The summed E-state index contributed by atoms with van der Waals surface area (Å²) in [6.45, 7) is 2.95. The Balaban J connectivity index is 1.19. The highest BCUT2D eigenvalue weighted by atomic mass is 35.5. The van der Waals surface area contributed by atoms with Crippen LogP contribution in [0.1, 0.15) is 56.9 Å². The molecule has 3 saturated heterocycles. The summed E-state index contributed by atoms with van der Waals surface area (Å²) in [7, 11) is 0. The number of halogens is 3. The van der Waals surface area contributed by atoms with Crippen molar-refractivity contribution in [2.45, 2.75) is 75.6 Å². The number of rotatable bonds is 3. The Kier molecular flexibility index (Phi) is 7.16. The zero-order chi connectivity index (χ0) is 32.6. The maximum Gasteiger partial charge on any atom is 0.508 e. The second kappa shape index (κ2) is 11.4. The van der Waals surface area contributed by atoms with Crippen molar-refractivity contribution < 1.29 is 27.8 Å². The molecular formula is C34H36ClF2N7O4. The molecule has 1 aromatic carbocycles. The van der Waals surface area contributed by atoms with Gasteiger partial charge in [0.1, 0.15) is 35.9 Å². The van der Waals surface area contributed by atoms with Crippen LogP contribution in [-0.2, 0) is 15.9 Å². The largest absolute Gasteiger partial charge is 0.508 e. The highest BCUT2D eigenvalue weighted by Crippen LogP contribution is 2.50. The molecule has 4 fully saturated rings. The minimum absolute atomic E-state index is 0.0588. The number of carbonyl (C=O) groups is 1. The predicted molar refractivity (Wildman–Crippen MR) is 174 cm³/mol. The van der Waals surface area contributed by atoms with Gasteiger partial charge in [-0.15, -0.1) is 0 Å². The van der Waals surface area contributed by atoms with E-state index in [4.69, 9.17) is 35.8 Å². The molecule has 3 aromatic heterocycles. The lowest BCUT2D eigenvalue weighted by molar-refractivity contribution is -0.0720. The zero-order valence-corrected chi connectivity index (χ0v) is 27.2. The van der Waals surface area contributed by atoms with Crippen LogP contribution in [-0.4, -0.2) is 93.4 Å². The summed E-state index contributed by atoms with van der Waals surface area (Å²) in [6, 6.07) is 1.81. The first-order chi connectivity index (χ1) is 23.3. The van der Waals surface area contributed by atoms with E-state index in [-0.39, 0.29) is 42.0 Å². The summed E-state index contributed by atoms with van der Waals surface area (Å²) in [4.78, 5) is 31.2. The smallest absolute Gasteiger partial charge is 0.461 e. The number of nitrogens with zero attached hydrogens (tertiary/aromatic N) is 6. The number of anilines is 1. The van der Waals surface area contributed by atoms with Crippen molar-refractivity contribution in [2.24, 2.45) is 5.41 Å². The lowest BCUT2D eigenvalue weighted by Crippen LogP contribution is -2.53. The molecule has 1 aliphatic carbocycles. The van der Waals surface area contributed by atoms with Gasteiger partial charge in [0.25, 0.3) is 0 Å². The van der Waals surface area contributed by atoms with Gasteiger partial charge in [-0.3, -0.25) is 15.0 Å². The molecule has 0 unspecified atom stereocenters. The van der Waals surface area contributed by atoms with Crippen LogP contribution in [0.25, 0.3) is 33.1 Å². The number of H-pyrrole nitrogens is 1. The molecule has 7 bridgehead atoms. The van der Waals surface area contributed by atoms with Crippen LogP contribution in [0.5, 0.6) is 6.01 Å². The summed E-state index contributed by atoms with van der Waals surface area (Å²) in [6.07, 6.45) is 7.83. The van der Waals surface area contributed by atoms with Gasteiger partial charge in [-0.1, -0.05) is 11.6 Å². The minimum Gasteiger partial charge on any atom is -0.461 e. The second-order valence-electron chi connectivity index (χ2n) is 14.3. The van der Waals surface area contributed by atoms with E-state index >= 15 is 4.39 Å². The Morgan fingerprint density at radius 2 is 1.98 bits per heavy atom. The molecule has 0 amide bonds. The fourth-order valence-electron chi connectivity index (χ4n) is 9.05. The van der Waals surface area contributed by atoms with Gasteiger partial charge in [-0.2, -0.15) is 15.1 Å². The fraction of sp³-hybridized carbons (Fsp3) is 0.559. The second-order valence-corrected chi connectivity index (χ2v) is 14.7. The number of benzene rings is 1. The van der Waals surface area contributed by atoms with Crippen LogP contribution in [0.3, 0.4) is 0 Å². The van der Waals surface area contributed by atoms with E-state index in [1.807, 2.05) is 0 Å². The third kappa shape index (κ3) is 4.95. The molecule has 9 heterocycles. The molecule has 7 aliphatic rings. The minimum atomic E-state index is -0.901. The number of hydrogen-bond acceptors (Lipinski definition) is 10. The van der Waals surface area contributed by atoms with E-state index in [1.54, 1.807) is 18.5 Å². The summed E-state index contributed by atoms with van der Waals surface area (Å²) in [5.74, 6) is -0.0685. The number of hydrogen-bond donors (Lipinski definition) is 1. The number of carbonyl (C=O) groups excluding carboxylic acids is 1. The number of piperidine rings is 1. The molecule has 252 valence electrons. The molecule has 14 heteroatoms. The number of aromatic nitrogens is 5. The van der Waals surface area contributed by atoms with E-state index in [9.17, 15) is 9.18 Å². The summed E-state index contributed by atoms with van der Waals surface area (Å²) >= 11 is 6.80. The Bertz CT molecular complexity index is 1940. The van der Waals surface area contributed by atoms with Gasteiger partial charge in [0.15, 0.2) is 5.82 Å². The van der Waals surface area contributed by atoms with Crippen molar-refractivity contribution >= 4 is 45.4 Å². The first-order valence-electron chi connectivity index (χ1n) is 16.9. The highest BCUT2D eigenvalue weighted by Gasteiger charge is 2.50. The van der Waals surface area contributed by atoms with E-state index in [0.717, 1.165) is 32.2 Å².